The monoisotopic (exact) mass is 493 g/mol. The van der Waals surface area contributed by atoms with Crippen LogP contribution in [0.2, 0.25) is 0 Å². The highest BCUT2D eigenvalue weighted by Gasteiger charge is 2.26. The van der Waals surface area contributed by atoms with E-state index in [9.17, 15) is 24.2 Å². The first-order valence-electron chi connectivity index (χ1n) is 11.4. The molecule has 0 aromatic heterocycles. The van der Waals surface area contributed by atoms with Gasteiger partial charge in [-0.2, -0.15) is 0 Å². The molecule has 33 heavy (non-hydrogen) atoms. The number of aliphatic hydroxyl groups excluding tert-OH is 1. The first-order chi connectivity index (χ1) is 15.7. The van der Waals surface area contributed by atoms with Gasteiger partial charge in [-0.15, -0.1) is 0 Å². The summed E-state index contributed by atoms with van der Waals surface area (Å²) in [6.07, 6.45) is 16.9. The second-order valence-corrected chi connectivity index (χ2v) is 9.07. The Balaban J connectivity index is 3.70. The zero-order valence-electron chi connectivity index (χ0n) is 19.5. The van der Waals surface area contributed by atoms with Crippen LogP contribution < -0.4 is 5.73 Å². The van der Waals surface area contributed by atoms with Crippen LogP contribution in [0, 0.1) is 0 Å². The van der Waals surface area contributed by atoms with Gasteiger partial charge in [-0.25, -0.2) is 4.57 Å². The molecule has 3 atom stereocenters. The highest BCUT2D eigenvalue weighted by Crippen LogP contribution is 2.43. The van der Waals surface area contributed by atoms with Gasteiger partial charge >= 0.3 is 19.8 Å². The number of aliphatic carboxylic acids is 1. The van der Waals surface area contributed by atoms with Crippen LogP contribution in [0.15, 0.2) is 24.3 Å². The number of hydrogen-bond acceptors (Lipinski definition) is 8. The van der Waals surface area contributed by atoms with Crippen LogP contribution in [0.3, 0.4) is 0 Å². The number of allylic oxidation sites excluding steroid dienone is 4. The number of rotatable bonds is 21. The van der Waals surface area contributed by atoms with E-state index >= 15 is 0 Å². The Hall–Kier alpha value is -1.55. The smallest absolute Gasteiger partial charge is 0.472 e. The van der Waals surface area contributed by atoms with Crippen molar-refractivity contribution in [1.82, 2.24) is 0 Å². The summed E-state index contributed by atoms with van der Waals surface area (Å²) in [5.41, 5.74) is 5.15. The van der Waals surface area contributed by atoms with E-state index in [2.05, 4.69) is 40.3 Å². The lowest BCUT2D eigenvalue weighted by Crippen LogP contribution is -2.34. The molecular weight excluding hydrogens is 453 g/mol. The third-order valence-electron chi connectivity index (χ3n) is 4.41. The highest BCUT2D eigenvalue weighted by molar-refractivity contribution is 7.47. The van der Waals surface area contributed by atoms with Gasteiger partial charge < -0.3 is 25.6 Å². The molecule has 0 rings (SSSR count). The third kappa shape index (κ3) is 20.8. The predicted molar refractivity (Wildman–Crippen MR) is 124 cm³/mol. The molecule has 0 saturated carbocycles. The van der Waals surface area contributed by atoms with Gasteiger partial charge in [0.25, 0.3) is 0 Å². The molecule has 0 fully saturated rings. The Labute approximate surface area is 196 Å². The SMILES string of the molecule is CCC/C=C\C/C=C\CCCCCCCC(=O)OCC(O)COP(=O)(O)OCC(N)C(=O)O. The van der Waals surface area contributed by atoms with E-state index < -0.39 is 51.7 Å². The van der Waals surface area contributed by atoms with Gasteiger partial charge in [0.15, 0.2) is 0 Å². The molecule has 11 heteroatoms. The molecular formula is C22H40NO9P. The molecule has 10 nitrogen and oxygen atoms in total. The van der Waals surface area contributed by atoms with E-state index in [-0.39, 0.29) is 6.42 Å². The number of carboxylic acids is 1. The fourth-order valence-corrected chi connectivity index (χ4v) is 3.29. The lowest BCUT2D eigenvalue weighted by atomic mass is 10.1. The molecule has 3 unspecified atom stereocenters. The Kier molecular flexibility index (Phi) is 18.9. The normalized spacial score (nSPS) is 15.5. The fraction of sp³-hybridized carbons (Fsp3) is 0.727. The van der Waals surface area contributed by atoms with Crippen LogP contribution in [-0.4, -0.2) is 59.0 Å². The average Bonchev–Trinajstić information content (AvgIpc) is 2.77. The van der Waals surface area contributed by atoms with Gasteiger partial charge in [-0.05, 0) is 32.1 Å². The van der Waals surface area contributed by atoms with Crippen LogP contribution in [-0.2, 0) is 27.9 Å². The number of hydrogen-bond donors (Lipinski definition) is 4. The standard InChI is InChI=1S/C22H40NO9P/c1-2-3-4-5-6-7-8-9-10-11-12-13-14-15-21(25)30-16-19(24)17-31-33(28,29)32-18-20(23)22(26)27/h4-5,7-8,19-20,24H,2-3,6,9-18,23H2,1H3,(H,26,27)(H,28,29)/b5-4-,8-7-. The molecule has 0 aliphatic rings. The zero-order valence-corrected chi connectivity index (χ0v) is 20.4. The van der Waals surface area contributed by atoms with Crippen molar-refractivity contribution in [2.75, 3.05) is 19.8 Å². The van der Waals surface area contributed by atoms with Crippen molar-refractivity contribution < 1.29 is 43.0 Å². The van der Waals surface area contributed by atoms with Crippen LogP contribution in [0.4, 0.5) is 0 Å². The number of carbonyl (C=O) groups excluding carboxylic acids is 1. The van der Waals surface area contributed by atoms with Crippen molar-refractivity contribution >= 4 is 19.8 Å². The van der Waals surface area contributed by atoms with Gasteiger partial charge in [0.05, 0.1) is 13.2 Å². The minimum absolute atomic E-state index is 0.228. The predicted octanol–water partition coefficient (Wildman–Crippen LogP) is 3.47. The highest BCUT2D eigenvalue weighted by atomic mass is 31.2. The number of phosphoric ester groups is 1. The number of phosphoric acid groups is 1. The summed E-state index contributed by atoms with van der Waals surface area (Å²) in [6.45, 7) is 0.399. The summed E-state index contributed by atoms with van der Waals surface area (Å²) >= 11 is 0. The Morgan fingerprint density at radius 1 is 0.939 bits per heavy atom. The second-order valence-electron chi connectivity index (χ2n) is 7.62. The molecule has 0 heterocycles. The van der Waals surface area contributed by atoms with Crippen molar-refractivity contribution in [1.29, 1.82) is 0 Å². The van der Waals surface area contributed by atoms with E-state index in [0.29, 0.717) is 6.42 Å². The summed E-state index contributed by atoms with van der Waals surface area (Å²) in [6, 6.07) is -1.49. The number of unbranched alkanes of at least 4 members (excludes halogenated alkanes) is 6. The molecule has 0 aliphatic carbocycles. The first kappa shape index (κ1) is 31.4. The van der Waals surface area contributed by atoms with Crippen molar-refractivity contribution in [3.63, 3.8) is 0 Å². The Bertz CT molecular complexity index is 639. The number of carboxylic acid groups (broad SMARTS) is 1. The molecule has 0 bridgehead atoms. The van der Waals surface area contributed by atoms with Crippen LogP contribution >= 0.6 is 7.82 Å². The van der Waals surface area contributed by atoms with Crippen molar-refractivity contribution in [3.8, 4) is 0 Å². The number of aliphatic hydroxyl groups is 1. The van der Waals surface area contributed by atoms with Gasteiger partial charge in [0.2, 0.25) is 0 Å². The lowest BCUT2D eigenvalue weighted by molar-refractivity contribution is -0.147. The lowest BCUT2D eigenvalue weighted by Gasteiger charge is -2.16. The van der Waals surface area contributed by atoms with Gasteiger partial charge in [0.1, 0.15) is 18.8 Å². The molecule has 0 radical (unpaired) electrons. The number of nitrogens with two attached hydrogens (primary N) is 1. The molecule has 0 aliphatic heterocycles. The van der Waals surface area contributed by atoms with E-state index in [0.717, 1.165) is 44.9 Å². The molecule has 0 aromatic carbocycles. The second kappa shape index (κ2) is 19.9. The largest absolute Gasteiger partial charge is 0.480 e. The maximum Gasteiger partial charge on any atom is 0.472 e. The quantitative estimate of drug-likeness (QED) is 0.0805. The summed E-state index contributed by atoms with van der Waals surface area (Å²) in [5.74, 6) is -1.87. The zero-order chi connectivity index (χ0) is 25.0. The van der Waals surface area contributed by atoms with Gasteiger partial charge in [-0.3, -0.25) is 18.6 Å². The summed E-state index contributed by atoms with van der Waals surface area (Å²) in [5, 5.41) is 18.3. The Morgan fingerprint density at radius 2 is 1.55 bits per heavy atom. The number of carbonyl (C=O) groups is 2. The van der Waals surface area contributed by atoms with Crippen molar-refractivity contribution in [2.24, 2.45) is 5.73 Å². The van der Waals surface area contributed by atoms with Crippen LogP contribution in [0.1, 0.15) is 71.1 Å². The van der Waals surface area contributed by atoms with E-state index in [1.807, 2.05) is 0 Å². The van der Waals surface area contributed by atoms with Crippen molar-refractivity contribution in [3.05, 3.63) is 24.3 Å². The summed E-state index contributed by atoms with van der Waals surface area (Å²) < 4.78 is 25.4. The van der Waals surface area contributed by atoms with Crippen LogP contribution in [0.5, 0.6) is 0 Å². The van der Waals surface area contributed by atoms with Gasteiger partial charge in [0, 0.05) is 6.42 Å². The minimum atomic E-state index is -4.58. The van der Waals surface area contributed by atoms with E-state index in [1.165, 1.54) is 6.42 Å². The molecule has 0 amide bonds. The average molecular weight is 494 g/mol. The minimum Gasteiger partial charge on any atom is -0.480 e. The third-order valence-corrected chi connectivity index (χ3v) is 5.36. The molecule has 0 saturated heterocycles. The van der Waals surface area contributed by atoms with Crippen molar-refractivity contribution in [2.45, 2.75) is 83.3 Å². The van der Waals surface area contributed by atoms with Gasteiger partial charge in [-0.1, -0.05) is 56.9 Å². The molecule has 0 spiro atoms. The Morgan fingerprint density at radius 3 is 2.21 bits per heavy atom. The van der Waals surface area contributed by atoms with E-state index in [1.54, 1.807) is 0 Å². The van der Waals surface area contributed by atoms with E-state index in [4.69, 9.17) is 15.6 Å². The fourth-order valence-electron chi connectivity index (χ4n) is 2.51. The number of ether oxygens (including phenoxy) is 1. The maximum atomic E-state index is 11.7. The maximum absolute atomic E-state index is 11.7. The topological polar surface area (TPSA) is 166 Å². The summed E-state index contributed by atoms with van der Waals surface area (Å²) in [7, 11) is -4.58. The molecule has 5 N–H and O–H groups in total. The van der Waals surface area contributed by atoms with Crippen LogP contribution in [0.25, 0.3) is 0 Å². The summed E-state index contributed by atoms with van der Waals surface area (Å²) in [4.78, 5) is 31.6. The number of esters is 1. The molecule has 0 aromatic rings. The first-order valence-corrected chi connectivity index (χ1v) is 12.9. The molecule has 192 valence electrons.